The average molecular weight is 423 g/mol. The van der Waals surface area contributed by atoms with Gasteiger partial charge < -0.3 is 14.8 Å². The zero-order valence-electron chi connectivity index (χ0n) is 15.1. The van der Waals surface area contributed by atoms with Gasteiger partial charge in [0, 0.05) is 29.2 Å². The van der Waals surface area contributed by atoms with Gasteiger partial charge in [-0.15, -0.1) is 0 Å². The Morgan fingerprint density at radius 1 is 1.15 bits per heavy atom. The Morgan fingerprint density at radius 3 is 2.38 bits per heavy atom. The number of hydrogen-bond donors (Lipinski definition) is 1. The molecule has 0 amide bonds. The fraction of sp³-hybridized carbons (Fsp3) is 0.368. The van der Waals surface area contributed by atoms with Gasteiger partial charge in [-0.1, -0.05) is 29.8 Å². The number of non-ortho nitro benzene ring substituents is 1. The molecule has 0 bridgehead atoms. The SMILES string of the molecule is CCOc1cc(CNC(C)C)c(Br)cc1OCc1ccc([N+](=O)[O-])cc1. The maximum absolute atomic E-state index is 10.7. The van der Waals surface area contributed by atoms with E-state index in [4.69, 9.17) is 9.47 Å². The van der Waals surface area contributed by atoms with Crippen LogP contribution in [0.5, 0.6) is 11.5 Å². The van der Waals surface area contributed by atoms with Crippen molar-refractivity contribution in [1.29, 1.82) is 0 Å². The van der Waals surface area contributed by atoms with E-state index < -0.39 is 4.92 Å². The van der Waals surface area contributed by atoms with E-state index in [2.05, 4.69) is 35.1 Å². The number of halogens is 1. The number of hydrogen-bond acceptors (Lipinski definition) is 5. The van der Waals surface area contributed by atoms with Crippen molar-refractivity contribution in [3.63, 3.8) is 0 Å². The lowest BCUT2D eigenvalue weighted by Crippen LogP contribution is -2.22. The second-order valence-electron chi connectivity index (χ2n) is 6.07. The van der Waals surface area contributed by atoms with E-state index in [1.807, 2.05) is 19.1 Å². The molecule has 0 aromatic heterocycles. The highest BCUT2D eigenvalue weighted by atomic mass is 79.9. The quantitative estimate of drug-likeness (QED) is 0.462. The number of nitrogens with one attached hydrogen (secondary N) is 1. The van der Waals surface area contributed by atoms with Crippen molar-refractivity contribution in [2.75, 3.05) is 6.61 Å². The largest absolute Gasteiger partial charge is 0.490 e. The molecule has 6 nitrogen and oxygen atoms in total. The molecule has 0 aliphatic rings. The van der Waals surface area contributed by atoms with Crippen LogP contribution in [0.25, 0.3) is 0 Å². The molecule has 7 heteroatoms. The minimum absolute atomic E-state index is 0.0634. The third kappa shape index (κ3) is 5.71. The van der Waals surface area contributed by atoms with Crippen LogP contribution in [0.3, 0.4) is 0 Å². The summed E-state index contributed by atoms with van der Waals surface area (Å²) in [7, 11) is 0. The van der Waals surface area contributed by atoms with Crippen molar-refractivity contribution in [2.24, 2.45) is 0 Å². The van der Waals surface area contributed by atoms with Gasteiger partial charge in [0.15, 0.2) is 11.5 Å². The van der Waals surface area contributed by atoms with Crippen molar-refractivity contribution >= 4 is 21.6 Å². The molecule has 0 saturated heterocycles. The number of benzene rings is 2. The normalized spacial score (nSPS) is 10.8. The number of rotatable bonds is 9. The third-order valence-electron chi connectivity index (χ3n) is 3.65. The van der Waals surface area contributed by atoms with Crippen LogP contribution in [0.4, 0.5) is 5.69 Å². The van der Waals surface area contributed by atoms with Crippen LogP contribution in [-0.2, 0) is 13.2 Å². The molecule has 0 unspecified atom stereocenters. The minimum atomic E-state index is -0.418. The molecule has 0 heterocycles. The molecule has 1 N–H and O–H groups in total. The molecule has 2 aromatic carbocycles. The van der Waals surface area contributed by atoms with Gasteiger partial charge in [0.05, 0.1) is 11.5 Å². The monoisotopic (exact) mass is 422 g/mol. The number of nitro groups is 1. The van der Waals surface area contributed by atoms with Crippen molar-refractivity contribution in [3.05, 3.63) is 62.1 Å². The van der Waals surface area contributed by atoms with Gasteiger partial charge in [-0.3, -0.25) is 10.1 Å². The summed E-state index contributed by atoms with van der Waals surface area (Å²) in [6.45, 7) is 7.67. The molecule has 26 heavy (non-hydrogen) atoms. The van der Waals surface area contributed by atoms with Crippen LogP contribution in [0, 0.1) is 10.1 Å². The Bertz CT molecular complexity index is 748. The first-order valence-electron chi connectivity index (χ1n) is 8.45. The topological polar surface area (TPSA) is 73.6 Å². The first-order valence-corrected chi connectivity index (χ1v) is 9.24. The van der Waals surface area contributed by atoms with Crippen molar-refractivity contribution in [2.45, 2.75) is 40.0 Å². The molecule has 140 valence electrons. The molecule has 0 aliphatic heterocycles. The zero-order valence-corrected chi connectivity index (χ0v) is 16.7. The van der Waals surface area contributed by atoms with E-state index in [0.717, 1.165) is 22.1 Å². The Hall–Kier alpha value is -2.12. The number of nitro benzene ring substituents is 1. The van der Waals surface area contributed by atoms with Gasteiger partial charge in [-0.25, -0.2) is 0 Å². The molecular formula is C19H23BrN2O4. The molecule has 0 aliphatic carbocycles. The Morgan fingerprint density at radius 2 is 1.81 bits per heavy atom. The van der Waals surface area contributed by atoms with Crippen LogP contribution < -0.4 is 14.8 Å². The zero-order chi connectivity index (χ0) is 19.1. The smallest absolute Gasteiger partial charge is 0.269 e. The van der Waals surface area contributed by atoms with Crippen LogP contribution in [0.15, 0.2) is 40.9 Å². The molecule has 0 spiro atoms. The summed E-state index contributed by atoms with van der Waals surface area (Å²) >= 11 is 3.58. The van der Waals surface area contributed by atoms with Gasteiger partial charge in [0.2, 0.25) is 0 Å². The van der Waals surface area contributed by atoms with Gasteiger partial charge in [0.1, 0.15) is 6.61 Å². The standard InChI is InChI=1S/C19H23BrN2O4/c1-4-25-18-9-15(11-21-13(2)3)17(20)10-19(18)26-12-14-5-7-16(8-6-14)22(23)24/h5-10,13,21H,4,11-12H2,1-3H3. The van der Waals surface area contributed by atoms with E-state index in [1.54, 1.807) is 12.1 Å². The van der Waals surface area contributed by atoms with E-state index in [-0.39, 0.29) is 5.69 Å². The predicted molar refractivity (Wildman–Crippen MR) is 105 cm³/mol. The average Bonchev–Trinajstić information content (AvgIpc) is 2.60. The van der Waals surface area contributed by atoms with Crippen LogP contribution in [-0.4, -0.2) is 17.6 Å². The lowest BCUT2D eigenvalue weighted by molar-refractivity contribution is -0.384. The van der Waals surface area contributed by atoms with Gasteiger partial charge in [-0.2, -0.15) is 0 Å². The second kappa shape index (κ2) is 9.54. The number of ether oxygens (including phenoxy) is 2. The molecular weight excluding hydrogens is 400 g/mol. The van der Waals surface area contributed by atoms with Crippen LogP contribution in [0.2, 0.25) is 0 Å². The van der Waals surface area contributed by atoms with Crippen molar-refractivity contribution in [1.82, 2.24) is 5.32 Å². The fourth-order valence-corrected chi connectivity index (χ4v) is 2.75. The maximum Gasteiger partial charge on any atom is 0.269 e. The van der Waals surface area contributed by atoms with Crippen LogP contribution >= 0.6 is 15.9 Å². The lowest BCUT2D eigenvalue weighted by atomic mass is 10.2. The number of nitrogens with zero attached hydrogens (tertiary/aromatic N) is 1. The van der Waals surface area contributed by atoms with E-state index in [1.165, 1.54) is 12.1 Å². The molecule has 0 saturated carbocycles. The van der Waals surface area contributed by atoms with E-state index in [9.17, 15) is 10.1 Å². The molecule has 2 aromatic rings. The molecule has 0 atom stereocenters. The highest BCUT2D eigenvalue weighted by Crippen LogP contribution is 2.34. The predicted octanol–water partition coefficient (Wildman–Crippen LogP) is 4.83. The molecule has 0 fully saturated rings. The summed E-state index contributed by atoms with van der Waals surface area (Å²) in [6.07, 6.45) is 0. The van der Waals surface area contributed by atoms with Crippen molar-refractivity contribution < 1.29 is 14.4 Å². The van der Waals surface area contributed by atoms with Gasteiger partial charge in [0.25, 0.3) is 5.69 Å². The van der Waals surface area contributed by atoms with E-state index >= 15 is 0 Å². The van der Waals surface area contributed by atoms with E-state index in [0.29, 0.717) is 30.8 Å². The Balaban J connectivity index is 2.13. The summed E-state index contributed by atoms with van der Waals surface area (Å²) in [5.41, 5.74) is 2.00. The Labute approximate surface area is 161 Å². The summed E-state index contributed by atoms with van der Waals surface area (Å²) < 4.78 is 12.5. The molecule has 2 rings (SSSR count). The van der Waals surface area contributed by atoms with Crippen molar-refractivity contribution in [3.8, 4) is 11.5 Å². The third-order valence-corrected chi connectivity index (χ3v) is 4.39. The summed E-state index contributed by atoms with van der Waals surface area (Å²) in [4.78, 5) is 10.3. The Kier molecular flexibility index (Phi) is 7.41. The summed E-state index contributed by atoms with van der Waals surface area (Å²) in [6, 6.07) is 10.6. The first kappa shape index (κ1) is 20.2. The first-order chi connectivity index (χ1) is 12.4. The van der Waals surface area contributed by atoms with Gasteiger partial charge >= 0.3 is 0 Å². The molecule has 0 radical (unpaired) electrons. The fourth-order valence-electron chi connectivity index (χ4n) is 2.28. The lowest BCUT2D eigenvalue weighted by Gasteiger charge is -2.16. The highest BCUT2D eigenvalue weighted by Gasteiger charge is 2.12. The maximum atomic E-state index is 10.7. The van der Waals surface area contributed by atoms with Gasteiger partial charge in [-0.05, 0) is 42.3 Å². The second-order valence-corrected chi connectivity index (χ2v) is 6.93. The highest BCUT2D eigenvalue weighted by molar-refractivity contribution is 9.10. The summed E-state index contributed by atoms with van der Waals surface area (Å²) in [5.74, 6) is 1.31. The summed E-state index contributed by atoms with van der Waals surface area (Å²) in [5, 5.41) is 14.1. The van der Waals surface area contributed by atoms with Crippen LogP contribution in [0.1, 0.15) is 31.9 Å². The minimum Gasteiger partial charge on any atom is -0.490 e.